The number of esters is 1. The third kappa shape index (κ3) is 4.02. The van der Waals surface area contributed by atoms with Gasteiger partial charge in [0, 0.05) is 10.6 Å². The van der Waals surface area contributed by atoms with Crippen molar-refractivity contribution in [3.8, 4) is 0 Å². The zero-order chi connectivity index (χ0) is 18.0. The fourth-order valence-electron chi connectivity index (χ4n) is 3.28. The fraction of sp³-hybridized carbons (Fsp3) is 0.368. The molecule has 1 aromatic heterocycles. The van der Waals surface area contributed by atoms with E-state index in [0.29, 0.717) is 10.7 Å². The van der Waals surface area contributed by atoms with E-state index in [4.69, 9.17) is 17.0 Å². The molecular weight excluding hydrogens is 352 g/mol. The lowest BCUT2D eigenvalue weighted by molar-refractivity contribution is 0.0601. The number of nitrogens with one attached hydrogen (secondary N) is 2. The van der Waals surface area contributed by atoms with Gasteiger partial charge < -0.3 is 15.4 Å². The monoisotopic (exact) mass is 374 g/mol. The molecule has 2 N–H and O–H groups in total. The lowest BCUT2D eigenvalue weighted by Gasteiger charge is -2.13. The van der Waals surface area contributed by atoms with Crippen LogP contribution in [0.3, 0.4) is 0 Å². The van der Waals surface area contributed by atoms with Crippen LogP contribution in [0.5, 0.6) is 0 Å². The summed E-state index contributed by atoms with van der Waals surface area (Å²) < 4.78 is 5.00. The summed E-state index contributed by atoms with van der Waals surface area (Å²) in [6, 6.07) is 6.20. The lowest BCUT2D eigenvalue weighted by atomic mass is 9.95. The molecule has 1 aromatic carbocycles. The number of hydrogen-bond acceptors (Lipinski definition) is 4. The molecule has 0 aliphatic heterocycles. The number of ether oxygens (including phenoxy) is 1. The number of anilines is 2. The van der Waals surface area contributed by atoms with Crippen molar-refractivity contribution >= 4 is 45.3 Å². The largest absolute Gasteiger partial charge is 0.465 e. The van der Waals surface area contributed by atoms with Crippen molar-refractivity contribution < 1.29 is 9.53 Å². The maximum absolute atomic E-state index is 12.3. The number of carbonyl (C=O) groups excluding carboxylic acids is 1. The van der Waals surface area contributed by atoms with Crippen LogP contribution in [0.4, 0.5) is 10.7 Å². The highest BCUT2D eigenvalue weighted by Gasteiger charge is 2.26. The Labute approximate surface area is 157 Å². The van der Waals surface area contributed by atoms with Gasteiger partial charge in [-0.05, 0) is 80.6 Å². The Balaban J connectivity index is 1.83. The molecule has 1 aliphatic rings. The van der Waals surface area contributed by atoms with Crippen molar-refractivity contribution in [2.75, 3.05) is 17.7 Å². The van der Waals surface area contributed by atoms with Crippen molar-refractivity contribution in [1.29, 1.82) is 0 Å². The molecule has 0 atom stereocenters. The number of benzene rings is 1. The molecule has 4 nitrogen and oxygen atoms in total. The van der Waals surface area contributed by atoms with Gasteiger partial charge in [0.15, 0.2) is 5.11 Å². The molecule has 0 fully saturated rings. The van der Waals surface area contributed by atoms with E-state index in [0.717, 1.165) is 35.5 Å². The van der Waals surface area contributed by atoms with Crippen molar-refractivity contribution in [1.82, 2.24) is 0 Å². The van der Waals surface area contributed by atoms with Gasteiger partial charge in [-0.3, -0.25) is 0 Å². The van der Waals surface area contributed by atoms with E-state index < -0.39 is 0 Å². The van der Waals surface area contributed by atoms with Crippen LogP contribution in [0.15, 0.2) is 18.2 Å². The first kappa shape index (κ1) is 17.9. The van der Waals surface area contributed by atoms with Gasteiger partial charge in [0.2, 0.25) is 0 Å². The Kier molecular flexibility index (Phi) is 5.39. The van der Waals surface area contributed by atoms with E-state index in [-0.39, 0.29) is 5.97 Å². The average Bonchev–Trinajstić information content (AvgIpc) is 2.90. The average molecular weight is 375 g/mol. The zero-order valence-electron chi connectivity index (χ0n) is 14.7. The highest BCUT2D eigenvalue weighted by Crippen LogP contribution is 2.38. The van der Waals surface area contributed by atoms with E-state index in [9.17, 15) is 4.79 Å². The number of aryl methyl sites for hydroxylation is 3. The number of hydrogen-bond donors (Lipinski definition) is 2. The fourth-order valence-corrected chi connectivity index (χ4v) is 4.85. The van der Waals surface area contributed by atoms with Gasteiger partial charge in [-0.1, -0.05) is 6.07 Å². The van der Waals surface area contributed by atoms with Crippen LogP contribution < -0.4 is 10.6 Å². The van der Waals surface area contributed by atoms with Crippen molar-refractivity contribution in [3.05, 3.63) is 45.3 Å². The Morgan fingerprint density at radius 3 is 2.48 bits per heavy atom. The number of methoxy groups -OCH3 is 1. The van der Waals surface area contributed by atoms with E-state index in [1.54, 1.807) is 11.3 Å². The molecular formula is C19H22N2O2S2. The minimum Gasteiger partial charge on any atom is -0.465 e. The molecule has 2 aromatic rings. The van der Waals surface area contributed by atoms with Crippen LogP contribution in [0.1, 0.15) is 44.8 Å². The van der Waals surface area contributed by atoms with E-state index in [1.807, 2.05) is 12.1 Å². The third-order valence-corrected chi connectivity index (χ3v) is 5.68. The summed E-state index contributed by atoms with van der Waals surface area (Å²) in [7, 11) is 1.42. The molecule has 0 radical (unpaired) electrons. The summed E-state index contributed by atoms with van der Waals surface area (Å²) in [6.07, 6.45) is 4.22. The lowest BCUT2D eigenvalue weighted by Crippen LogP contribution is -2.20. The minimum absolute atomic E-state index is 0.295. The molecule has 0 saturated heterocycles. The van der Waals surface area contributed by atoms with E-state index in [1.165, 1.54) is 29.5 Å². The number of carbonyl (C=O) groups is 1. The SMILES string of the molecule is COC(=O)c1c(NC(=S)Nc2cc(C)cc(C)c2)sc2c1CCCC2. The first-order valence-corrected chi connectivity index (χ1v) is 9.59. The number of fused-ring (bicyclic) bond motifs is 1. The van der Waals surface area contributed by atoms with Crippen LogP contribution in [0, 0.1) is 13.8 Å². The Hall–Kier alpha value is -1.92. The second kappa shape index (κ2) is 7.54. The van der Waals surface area contributed by atoms with Crippen LogP contribution in [0.2, 0.25) is 0 Å². The standard InChI is InChI=1S/C19H22N2O2S2/c1-11-8-12(2)10-13(9-11)20-19(24)21-17-16(18(22)23-3)14-6-4-5-7-15(14)25-17/h8-10H,4-7H2,1-3H3,(H2,20,21,24). The van der Waals surface area contributed by atoms with E-state index >= 15 is 0 Å². The number of thiocarbonyl (C=S) groups is 1. The maximum Gasteiger partial charge on any atom is 0.341 e. The third-order valence-electron chi connectivity index (χ3n) is 4.27. The van der Waals surface area contributed by atoms with Gasteiger partial charge in [-0.2, -0.15) is 0 Å². The summed E-state index contributed by atoms with van der Waals surface area (Å²) in [5, 5.41) is 7.68. The molecule has 25 heavy (non-hydrogen) atoms. The smallest absolute Gasteiger partial charge is 0.341 e. The second-order valence-corrected chi connectivity index (χ2v) is 7.88. The molecule has 6 heteroatoms. The Morgan fingerprint density at radius 1 is 1.12 bits per heavy atom. The minimum atomic E-state index is -0.295. The quantitative estimate of drug-likeness (QED) is 0.595. The van der Waals surface area contributed by atoms with Gasteiger partial charge in [0.1, 0.15) is 5.00 Å². The predicted octanol–water partition coefficient (Wildman–Crippen LogP) is 4.84. The topological polar surface area (TPSA) is 50.4 Å². The molecule has 0 bridgehead atoms. The van der Waals surface area contributed by atoms with Crippen molar-refractivity contribution in [2.24, 2.45) is 0 Å². The van der Waals surface area contributed by atoms with Gasteiger partial charge in [-0.25, -0.2) is 4.79 Å². The highest BCUT2D eigenvalue weighted by atomic mass is 32.1. The molecule has 0 saturated carbocycles. The van der Waals surface area contributed by atoms with Crippen LogP contribution >= 0.6 is 23.6 Å². The Bertz CT molecular complexity index is 807. The first-order valence-electron chi connectivity index (χ1n) is 8.37. The first-order chi connectivity index (χ1) is 12.0. The molecule has 132 valence electrons. The zero-order valence-corrected chi connectivity index (χ0v) is 16.3. The molecule has 0 spiro atoms. The summed E-state index contributed by atoms with van der Waals surface area (Å²) in [6.45, 7) is 4.11. The van der Waals surface area contributed by atoms with Crippen LogP contribution in [0.25, 0.3) is 0 Å². The van der Waals surface area contributed by atoms with Gasteiger partial charge in [0.25, 0.3) is 0 Å². The molecule has 3 rings (SSSR count). The van der Waals surface area contributed by atoms with Crippen LogP contribution in [-0.4, -0.2) is 18.2 Å². The second-order valence-electron chi connectivity index (χ2n) is 6.36. The summed E-state index contributed by atoms with van der Waals surface area (Å²) in [5.74, 6) is -0.295. The number of rotatable bonds is 3. The van der Waals surface area contributed by atoms with Gasteiger partial charge >= 0.3 is 5.97 Å². The van der Waals surface area contributed by atoms with Crippen molar-refractivity contribution in [2.45, 2.75) is 39.5 Å². The summed E-state index contributed by atoms with van der Waals surface area (Å²) >= 11 is 7.07. The van der Waals surface area contributed by atoms with Gasteiger partial charge in [0.05, 0.1) is 12.7 Å². The van der Waals surface area contributed by atoms with Crippen LogP contribution in [-0.2, 0) is 17.6 Å². The molecule has 0 amide bonds. The van der Waals surface area contributed by atoms with E-state index in [2.05, 4.69) is 30.5 Å². The highest BCUT2D eigenvalue weighted by molar-refractivity contribution is 7.80. The molecule has 0 unspecified atom stereocenters. The molecule has 1 heterocycles. The number of thiophene rings is 1. The normalized spacial score (nSPS) is 13.1. The molecule has 1 aliphatic carbocycles. The Morgan fingerprint density at radius 2 is 1.80 bits per heavy atom. The summed E-state index contributed by atoms with van der Waals surface area (Å²) in [4.78, 5) is 13.5. The van der Waals surface area contributed by atoms with Crippen molar-refractivity contribution in [3.63, 3.8) is 0 Å². The maximum atomic E-state index is 12.3. The summed E-state index contributed by atoms with van der Waals surface area (Å²) in [5.41, 5.74) is 5.06. The predicted molar refractivity (Wildman–Crippen MR) is 108 cm³/mol. The van der Waals surface area contributed by atoms with Gasteiger partial charge in [-0.15, -0.1) is 11.3 Å².